The van der Waals surface area contributed by atoms with Gasteiger partial charge in [0.05, 0.1) is 0 Å². The van der Waals surface area contributed by atoms with Crippen LogP contribution in [0, 0.1) is 3.57 Å². The van der Waals surface area contributed by atoms with E-state index in [-0.39, 0.29) is 24.0 Å². The highest BCUT2D eigenvalue weighted by atomic mass is 127. The molecule has 0 bridgehead atoms. The fourth-order valence-corrected chi connectivity index (χ4v) is 4.15. The molecule has 2 aromatic rings. The van der Waals surface area contributed by atoms with Crippen LogP contribution >= 0.6 is 22.6 Å². The minimum absolute atomic E-state index is 0.0673. The molecule has 7 heteroatoms. The van der Waals surface area contributed by atoms with Crippen LogP contribution in [0.4, 0.5) is 5.69 Å². The summed E-state index contributed by atoms with van der Waals surface area (Å²) in [5.74, 6) is -0.929. The molecule has 6 nitrogen and oxygen atoms in total. The monoisotopic (exact) mass is 482 g/mol. The van der Waals surface area contributed by atoms with Crippen molar-refractivity contribution in [2.45, 2.75) is 31.7 Å². The standard InChI is InChI=1S/C20H23IN2O4/c21-15-8-12(3-4-16(15)22-6-1-2-20(26)27)9-17-14-11-19(25)18(24)10-13(14)5-7-23-17/h3-4,8,10-11,17,22-25H,1-2,5-7,9H2,(H,26,27)/t17-/m0/s1. The lowest BCUT2D eigenvalue weighted by atomic mass is 9.90. The van der Waals surface area contributed by atoms with Gasteiger partial charge in [0.15, 0.2) is 11.5 Å². The van der Waals surface area contributed by atoms with Gasteiger partial charge in [0, 0.05) is 28.3 Å². The molecule has 0 unspecified atom stereocenters. The van der Waals surface area contributed by atoms with Crippen molar-refractivity contribution in [3.05, 3.63) is 50.6 Å². The Hall–Kier alpha value is -2.00. The number of carbonyl (C=O) groups is 1. The molecule has 0 aromatic heterocycles. The number of fused-ring (bicyclic) bond motifs is 1. The number of hydrogen-bond donors (Lipinski definition) is 5. The average Bonchev–Trinajstić information content (AvgIpc) is 2.62. The second-order valence-electron chi connectivity index (χ2n) is 6.74. The Morgan fingerprint density at radius 3 is 2.74 bits per heavy atom. The van der Waals surface area contributed by atoms with E-state index in [4.69, 9.17) is 5.11 Å². The molecule has 0 spiro atoms. The van der Waals surface area contributed by atoms with Crippen LogP contribution in [0.1, 0.15) is 35.6 Å². The van der Waals surface area contributed by atoms with Crippen molar-refractivity contribution in [1.29, 1.82) is 0 Å². The lowest BCUT2D eigenvalue weighted by Crippen LogP contribution is -2.31. The molecule has 2 aromatic carbocycles. The van der Waals surface area contributed by atoms with Gasteiger partial charge in [0.25, 0.3) is 0 Å². The number of anilines is 1. The molecular weight excluding hydrogens is 459 g/mol. The van der Waals surface area contributed by atoms with E-state index in [1.807, 2.05) is 6.07 Å². The lowest BCUT2D eigenvalue weighted by molar-refractivity contribution is -0.137. The second kappa shape index (κ2) is 8.79. The number of aromatic hydroxyl groups is 2. The van der Waals surface area contributed by atoms with Crippen molar-refractivity contribution >= 4 is 34.2 Å². The van der Waals surface area contributed by atoms with E-state index in [1.165, 1.54) is 5.56 Å². The smallest absolute Gasteiger partial charge is 0.303 e. The molecule has 1 aliphatic rings. The maximum absolute atomic E-state index is 10.6. The van der Waals surface area contributed by atoms with Crippen molar-refractivity contribution in [2.75, 3.05) is 18.4 Å². The molecule has 0 saturated heterocycles. The molecule has 144 valence electrons. The van der Waals surface area contributed by atoms with Crippen LogP contribution in [0.25, 0.3) is 0 Å². The first-order valence-corrected chi connectivity index (χ1v) is 10.0. The fraction of sp³-hybridized carbons (Fsp3) is 0.350. The first kappa shape index (κ1) is 19.8. The van der Waals surface area contributed by atoms with Crippen molar-refractivity contribution in [1.82, 2.24) is 5.32 Å². The van der Waals surface area contributed by atoms with Crippen molar-refractivity contribution < 1.29 is 20.1 Å². The summed E-state index contributed by atoms with van der Waals surface area (Å²) >= 11 is 2.28. The van der Waals surface area contributed by atoms with Crippen LogP contribution in [0.2, 0.25) is 0 Å². The van der Waals surface area contributed by atoms with E-state index in [1.54, 1.807) is 12.1 Å². The highest BCUT2D eigenvalue weighted by Crippen LogP contribution is 2.35. The van der Waals surface area contributed by atoms with Crippen molar-refractivity contribution in [2.24, 2.45) is 0 Å². The molecule has 1 heterocycles. The maximum atomic E-state index is 10.6. The summed E-state index contributed by atoms with van der Waals surface area (Å²) in [7, 11) is 0. The lowest BCUT2D eigenvalue weighted by Gasteiger charge is -2.27. The number of aliphatic carboxylic acids is 1. The zero-order valence-electron chi connectivity index (χ0n) is 14.8. The summed E-state index contributed by atoms with van der Waals surface area (Å²) in [6.07, 6.45) is 2.37. The maximum Gasteiger partial charge on any atom is 0.303 e. The number of halogens is 1. The largest absolute Gasteiger partial charge is 0.504 e. The Bertz CT molecular complexity index is 841. The Kier molecular flexibility index (Phi) is 6.43. The van der Waals surface area contributed by atoms with Gasteiger partial charge in [-0.15, -0.1) is 0 Å². The Morgan fingerprint density at radius 2 is 2.00 bits per heavy atom. The Balaban J connectivity index is 1.68. The molecule has 5 N–H and O–H groups in total. The molecule has 0 radical (unpaired) electrons. The summed E-state index contributed by atoms with van der Waals surface area (Å²) in [5.41, 5.74) is 4.28. The van der Waals surface area contributed by atoms with Gasteiger partial charge in [-0.3, -0.25) is 4.79 Å². The zero-order chi connectivity index (χ0) is 19.4. The van der Waals surface area contributed by atoms with E-state index < -0.39 is 5.97 Å². The van der Waals surface area contributed by atoms with Crippen LogP contribution in [-0.2, 0) is 17.6 Å². The van der Waals surface area contributed by atoms with Crippen LogP contribution in [0.3, 0.4) is 0 Å². The van der Waals surface area contributed by atoms with Crippen molar-refractivity contribution in [3.63, 3.8) is 0 Å². The predicted octanol–water partition coefficient (Wildman–Crippen LogP) is 3.41. The molecule has 27 heavy (non-hydrogen) atoms. The number of carboxylic acids is 1. The quantitative estimate of drug-likeness (QED) is 0.236. The van der Waals surface area contributed by atoms with Gasteiger partial charge in [0.1, 0.15) is 0 Å². The number of phenols is 2. The van der Waals surface area contributed by atoms with Gasteiger partial charge in [-0.1, -0.05) is 6.07 Å². The van der Waals surface area contributed by atoms with Crippen LogP contribution in [0.5, 0.6) is 11.5 Å². The first-order chi connectivity index (χ1) is 12.9. The van der Waals surface area contributed by atoms with Gasteiger partial charge < -0.3 is 26.0 Å². The van der Waals surface area contributed by atoms with E-state index >= 15 is 0 Å². The normalized spacial score (nSPS) is 16.0. The molecular formula is C20H23IN2O4. The van der Waals surface area contributed by atoms with Crippen LogP contribution in [-0.4, -0.2) is 34.4 Å². The summed E-state index contributed by atoms with van der Waals surface area (Å²) in [4.78, 5) is 10.6. The Labute approximate surface area is 171 Å². The second-order valence-corrected chi connectivity index (χ2v) is 7.90. The summed E-state index contributed by atoms with van der Waals surface area (Å²) in [6.45, 7) is 1.46. The van der Waals surface area contributed by atoms with Crippen molar-refractivity contribution in [3.8, 4) is 11.5 Å². The van der Waals surface area contributed by atoms with Gasteiger partial charge in [-0.25, -0.2) is 0 Å². The van der Waals surface area contributed by atoms with E-state index in [9.17, 15) is 15.0 Å². The molecule has 1 atom stereocenters. The van der Waals surface area contributed by atoms with E-state index in [0.29, 0.717) is 13.0 Å². The van der Waals surface area contributed by atoms with E-state index in [0.717, 1.165) is 39.8 Å². The zero-order valence-corrected chi connectivity index (χ0v) is 17.0. The third kappa shape index (κ3) is 5.04. The van der Waals surface area contributed by atoms with Gasteiger partial charge in [-0.05, 0) is 89.4 Å². The fourth-order valence-electron chi connectivity index (χ4n) is 3.38. The molecule has 1 aliphatic heterocycles. The highest BCUT2D eigenvalue weighted by molar-refractivity contribution is 14.1. The van der Waals surface area contributed by atoms with Crippen LogP contribution in [0.15, 0.2) is 30.3 Å². The number of phenolic OH excluding ortho intramolecular Hbond substituents is 2. The molecule has 0 aliphatic carbocycles. The SMILES string of the molecule is O=C(O)CCCNc1ccc(C[C@@H]2NCCc3cc(O)c(O)cc32)cc1I. The van der Waals surface area contributed by atoms with Gasteiger partial charge in [0.2, 0.25) is 0 Å². The Morgan fingerprint density at radius 1 is 1.22 bits per heavy atom. The minimum atomic E-state index is -0.776. The predicted molar refractivity (Wildman–Crippen MR) is 112 cm³/mol. The molecule has 0 saturated carbocycles. The van der Waals surface area contributed by atoms with Gasteiger partial charge >= 0.3 is 5.97 Å². The third-order valence-corrected chi connectivity index (χ3v) is 5.65. The van der Waals surface area contributed by atoms with Gasteiger partial charge in [-0.2, -0.15) is 0 Å². The summed E-state index contributed by atoms with van der Waals surface area (Å²) in [5, 5.41) is 35.0. The number of carboxylic acid groups (broad SMARTS) is 1. The number of nitrogens with one attached hydrogen (secondary N) is 2. The topological polar surface area (TPSA) is 102 Å². The minimum Gasteiger partial charge on any atom is -0.504 e. The summed E-state index contributed by atoms with van der Waals surface area (Å²) < 4.78 is 1.09. The number of hydrogen-bond acceptors (Lipinski definition) is 5. The highest BCUT2D eigenvalue weighted by Gasteiger charge is 2.22. The number of benzene rings is 2. The summed E-state index contributed by atoms with van der Waals surface area (Å²) in [6, 6.07) is 9.62. The third-order valence-electron chi connectivity index (χ3n) is 4.75. The molecule has 0 fully saturated rings. The first-order valence-electron chi connectivity index (χ1n) is 8.96. The van der Waals surface area contributed by atoms with Crippen LogP contribution < -0.4 is 10.6 Å². The van der Waals surface area contributed by atoms with E-state index in [2.05, 4.69) is 45.4 Å². The number of rotatable bonds is 7. The average molecular weight is 482 g/mol. The molecule has 3 rings (SSSR count). The molecule has 0 amide bonds.